The van der Waals surface area contributed by atoms with Crippen molar-refractivity contribution in [1.82, 2.24) is 4.98 Å². The fraction of sp³-hybridized carbons (Fsp3) is 0.250. The van der Waals surface area contributed by atoms with Crippen LogP contribution < -0.4 is 16.3 Å². The third-order valence-electron chi connectivity index (χ3n) is 4.50. The molecule has 0 saturated carbocycles. The van der Waals surface area contributed by atoms with Gasteiger partial charge in [-0.3, -0.25) is 9.36 Å². The predicted octanol–water partition coefficient (Wildman–Crippen LogP) is 4.45. The van der Waals surface area contributed by atoms with Gasteiger partial charge in [0.25, 0.3) is 13.3 Å². The molecular formula is C20H21ClFN2O3P. The Morgan fingerprint density at radius 3 is 2.61 bits per heavy atom. The Hall–Kier alpha value is -2.14. The minimum absolute atomic E-state index is 0.0116. The third-order valence-corrected chi connectivity index (χ3v) is 7.34. The predicted molar refractivity (Wildman–Crippen MR) is 111 cm³/mol. The van der Waals surface area contributed by atoms with Gasteiger partial charge in [0.2, 0.25) is 0 Å². The number of nitrogens with one attached hydrogen (secondary N) is 1. The maximum absolute atomic E-state index is 14.3. The highest BCUT2D eigenvalue weighted by Crippen LogP contribution is 2.48. The lowest BCUT2D eigenvalue weighted by molar-refractivity contribution is 0.0997. The van der Waals surface area contributed by atoms with Crippen molar-refractivity contribution in [1.29, 1.82) is 0 Å². The fourth-order valence-electron chi connectivity index (χ4n) is 3.18. The van der Waals surface area contributed by atoms with Crippen LogP contribution in [0.5, 0.6) is 0 Å². The summed E-state index contributed by atoms with van der Waals surface area (Å²) in [6.45, 7) is 5.59. The van der Waals surface area contributed by atoms with Crippen molar-refractivity contribution in [2.75, 3.05) is 6.61 Å². The van der Waals surface area contributed by atoms with Gasteiger partial charge < -0.3 is 15.2 Å². The van der Waals surface area contributed by atoms with E-state index in [0.717, 1.165) is 0 Å². The molecule has 0 bridgehead atoms. The first kappa shape index (κ1) is 20.6. The van der Waals surface area contributed by atoms with Crippen LogP contribution in [0.25, 0.3) is 10.9 Å². The summed E-state index contributed by atoms with van der Waals surface area (Å²) in [4.78, 5) is 15.0. The zero-order chi connectivity index (χ0) is 20.6. The van der Waals surface area contributed by atoms with Crippen LogP contribution in [0.3, 0.4) is 0 Å². The number of benzene rings is 2. The largest absolute Gasteiger partial charge is 0.364 e. The van der Waals surface area contributed by atoms with E-state index < -0.39 is 19.1 Å². The van der Waals surface area contributed by atoms with Crippen molar-refractivity contribution in [2.45, 2.75) is 26.7 Å². The maximum Gasteiger partial charge on any atom is 0.266 e. The number of fused-ring (bicyclic) bond motifs is 1. The lowest BCUT2D eigenvalue weighted by Gasteiger charge is -2.20. The van der Waals surface area contributed by atoms with Gasteiger partial charge in [-0.1, -0.05) is 25.4 Å². The van der Waals surface area contributed by atoms with Crippen molar-refractivity contribution in [3.05, 3.63) is 58.5 Å². The van der Waals surface area contributed by atoms with E-state index in [0.29, 0.717) is 21.5 Å². The number of hydrogen-bond acceptors (Lipinski definition) is 3. The number of rotatable bonds is 6. The summed E-state index contributed by atoms with van der Waals surface area (Å²) >= 11 is 6.12. The number of carbonyl (C=O) groups is 1. The molecule has 2 aromatic carbocycles. The average molecular weight is 423 g/mol. The van der Waals surface area contributed by atoms with Crippen molar-refractivity contribution in [3.8, 4) is 0 Å². The second-order valence-electron chi connectivity index (χ2n) is 6.77. The molecule has 3 N–H and O–H groups in total. The number of hydrogen-bond donors (Lipinski definition) is 2. The zero-order valence-corrected chi connectivity index (χ0v) is 17.4. The SMILES string of the molecule is CCOP(=O)(c1cc(F)cc(C(C)C)c1)c1c(C(N)=O)[nH]c2ccc(Cl)cc12. The van der Waals surface area contributed by atoms with Crippen LogP contribution in [-0.2, 0) is 9.09 Å². The van der Waals surface area contributed by atoms with Crippen LogP contribution in [0.2, 0.25) is 5.02 Å². The number of aromatic amines is 1. The Morgan fingerprint density at radius 2 is 2.00 bits per heavy atom. The minimum atomic E-state index is -3.86. The topological polar surface area (TPSA) is 85.2 Å². The van der Waals surface area contributed by atoms with Gasteiger partial charge in [0.05, 0.1) is 11.9 Å². The summed E-state index contributed by atoms with van der Waals surface area (Å²) in [5.41, 5.74) is 6.71. The van der Waals surface area contributed by atoms with Gasteiger partial charge in [0, 0.05) is 21.2 Å². The molecule has 5 nitrogen and oxygen atoms in total. The Morgan fingerprint density at radius 1 is 1.29 bits per heavy atom. The molecule has 1 heterocycles. The molecule has 0 fully saturated rings. The second kappa shape index (κ2) is 7.70. The first-order chi connectivity index (χ1) is 13.2. The van der Waals surface area contributed by atoms with Gasteiger partial charge in [0.1, 0.15) is 11.5 Å². The fourth-order valence-corrected chi connectivity index (χ4v) is 5.83. The van der Waals surface area contributed by atoms with Crippen molar-refractivity contribution in [3.63, 3.8) is 0 Å². The van der Waals surface area contributed by atoms with Crippen LogP contribution >= 0.6 is 19.0 Å². The first-order valence-electron chi connectivity index (χ1n) is 8.84. The van der Waals surface area contributed by atoms with Crippen LogP contribution in [0.1, 0.15) is 42.7 Å². The van der Waals surface area contributed by atoms with E-state index in [4.69, 9.17) is 21.9 Å². The van der Waals surface area contributed by atoms with Crippen LogP contribution in [0.15, 0.2) is 36.4 Å². The Balaban J connectivity index is 2.40. The maximum atomic E-state index is 14.3. The Bertz CT molecular complexity index is 1110. The van der Waals surface area contributed by atoms with Gasteiger partial charge in [-0.15, -0.1) is 0 Å². The van der Waals surface area contributed by atoms with E-state index in [1.165, 1.54) is 12.1 Å². The number of primary amides is 1. The van der Waals surface area contributed by atoms with Gasteiger partial charge in [-0.25, -0.2) is 4.39 Å². The van der Waals surface area contributed by atoms with Gasteiger partial charge >= 0.3 is 0 Å². The Kier molecular flexibility index (Phi) is 5.67. The molecule has 0 spiro atoms. The molecule has 0 radical (unpaired) electrons. The summed E-state index contributed by atoms with van der Waals surface area (Å²) in [5, 5.41) is 1.13. The molecule has 3 aromatic rings. The van der Waals surface area contributed by atoms with Crippen LogP contribution in [0.4, 0.5) is 4.39 Å². The van der Waals surface area contributed by atoms with Crippen LogP contribution in [-0.4, -0.2) is 17.5 Å². The molecule has 1 amide bonds. The summed E-state index contributed by atoms with van der Waals surface area (Å²) in [7, 11) is -3.86. The second-order valence-corrected chi connectivity index (χ2v) is 9.53. The lowest BCUT2D eigenvalue weighted by atomic mass is 10.0. The first-order valence-corrected chi connectivity index (χ1v) is 10.8. The molecule has 0 saturated heterocycles. The molecular weight excluding hydrogens is 402 g/mol. The van der Waals surface area contributed by atoms with Gasteiger partial charge in [0.15, 0.2) is 0 Å². The Labute approximate surface area is 167 Å². The third kappa shape index (κ3) is 3.60. The summed E-state index contributed by atoms with van der Waals surface area (Å²) in [6.07, 6.45) is 0. The molecule has 0 aliphatic rings. The smallest absolute Gasteiger partial charge is 0.266 e. The lowest BCUT2D eigenvalue weighted by Crippen LogP contribution is -2.26. The number of amides is 1. The standard InChI is InChI=1S/C20H21ClFN2O3P/c1-4-27-28(26,15-8-12(11(2)3)7-14(22)10-15)19-16-9-13(21)5-6-17(16)24-18(19)20(23)25/h5-11,24H,4H2,1-3H3,(H2,23,25). The summed E-state index contributed by atoms with van der Waals surface area (Å²) < 4.78 is 34.2. The van der Waals surface area contributed by atoms with Crippen LogP contribution in [0, 0.1) is 5.82 Å². The molecule has 1 aromatic heterocycles. The number of carbonyl (C=O) groups excluding carboxylic acids is 1. The highest BCUT2D eigenvalue weighted by Gasteiger charge is 2.36. The molecule has 8 heteroatoms. The zero-order valence-electron chi connectivity index (χ0n) is 15.8. The molecule has 0 aliphatic heterocycles. The normalized spacial score (nSPS) is 13.8. The molecule has 3 rings (SSSR count). The quantitative estimate of drug-likeness (QED) is 0.575. The number of H-pyrrole nitrogens is 1. The highest BCUT2D eigenvalue weighted by atomic mass is 35.5. The molecule has 28 heavy (non-hydrogen) atoms. The highest BCUT2D eigenvalue weighted by molar-refractivity contribution is 7.75. The van der Waals surface area contributed by atoms with Crippen molar-refractivity contribution in [2.24, 2.45) is 5.73 Å². The molecule has 1 unspecified atom stereocenters. The van der Waals surface area contributed by atoms with E-state index in [1.807, 2.05) is 13.8 Å². The van der Waals surface area contributed by atoms with Gasteiger partial charge in [-0.2, -0.15) is 0 Å². The number of nitrogens with two attached hydrogens (primary N) is 1. The minimum Gasteiger partial charge on any atom is -0.364 e. The van der Waals surface area contributed by atoms with E-state index in [2.05, 4.69) is 4.98 Å². The molecule has 1 atom stereocenters. The number of aromatic nitrogens is 1. The average Bonchev–Trinajstić information content (AvgIpc) is 3.00. The van der Waals surface area contributed by atoms with Gasteiger partial charge in [-0.05, 0) is 54.8 Å². The van der Waals surface area contributed by atoms with E-state index >= 15 is 0 Å². The number of halogens is 2. The molecule has 148 valence electrons. The van der Waals surface area contributed by atoms with E-state index in [1.54, 1.807) is 31.2 Å². The van der Waals surface area contributed by atoms with E-state index in [-0.39, 0.29) is 28.8 Å². The van der Waals surface area contributed by atoms with E-state index in [9.17, 15) is 13.8 Å². The monoisotopic (exact) mass is 422 g/mol. The van der Waals surface area contributed by atoms with Crippen molar-refractivity contribution >= 4 is 46.4 Å². The summed E-state index contributed by atoms with van der Waals surface area (Å²) in [5.74, 6) is -1.31. The summed E-state index contributed by atoms with van der Waals surface area (Å²) in [6, 6.07) is 9.11. The van der Waals surface area contributed by atoms with Crippen molar-refractivity contribution < 1.29 is 18.3 Å². The molecule has 0 aliphatic carbocycles.